The first-order valence-corrected chi connectivity index (χ1v) is 11.0. The van der Waals surface area contributed by atoms with Gasteiger partial charge in [-0.3, -0.25) is 4.79 Å². The third kappa shape index (κ3) is 5.26. The van der Waals surface area contributed by atoms with Gasteiger partial charge in [-0.1, -0.05) is 60.7 Å². The van der Waals surface area contributed by atoms with E-state index < -0.39 is 0 Å². The highest BCUT2D eigenvalue weighted by Crippen LogP contribution is 2.32. The highest BCUT2D eigenvalue weighted by molar-refractivity contribution is 5.77. The molecule has 7 nitrogen and oxygen atoms in total. The fourth-order valence-corrected chi connectivity index (χ4v) is 3.53. The molecule has 0 fully saturated rings. The van der Waals surface area contributed by atoms with Gasteiger partial charge >= 0.3 is 0 Å². The molecule has 7 heteroatoms. The molecule has 2 aromatic carbocycles. The number of nitrogen functional groups attached to an aromatic ring is 1. The largest absolute Gasteiger partial charge is 0.475 e. The second-order valence-corrected chi connectivity index (χ2v) is 8.01. The molecule has 0 aliphatic heterocycles. The number of aromatic nitrogens is 4. The minimum atomic E-state index is -0.171. The Balaban J connectivity index is 1.67. The van der Waals surface area contributed by atoms with E-state index in [2.05, 4.69) is 22.2 Å². The van der Waals surface area contributed by atoms with Crippen LogP contribution in [0.3, 0.4) is 0 Å². The Bertz CT molecular complexity index is 1270. The summed E-state index contributed by atoms with van der Waals surface area (Å²) in [5, 5.41) is 4.54. The number of ether oxygens (including phenoxy) is 1. The van der Waals surface area contributed by atoms with E-state index in [9.17, 15) is 4.79 Å². The van der Waals surface area contributed by atoms with Crippen molar-refractivity contribution >= 4 is 5.82 Å². The Morgan fingerprint density at radius 1 is 0.909 bits per heavy atom. The molecule has 0 amide bonds. The van der Waals surface area contributed by atoms with Crippen LogP contribution in [0.25, 0.3) is 22.6 Å². The topological polar surface area (TPSA) is 95.9 Å². The molecule has 0 bridgehead atoms. The molecule has 2 N–H and O–H groups in total. The first-order valence-electron chi connectivity index (χ1n) is 11.0. The van der Waals surface area contributed by atoms with Gasteiger partial charge in [-0.2, -0.15) is 5.10 Å². The maximum atomic E-state index is 12.2. The average Bonchev–Trinajstić information content (AvgIpc) is 2.84. The van der Waals surface area contributed by atoms with Gasteiger partial charge in [-0.15, -0.1) is 0 Å². The number of hydrogen-bond acceptors (Lipinski definition) is 6. The van der Waals surface area contributed by atoms with Gasteiger partial charge in [0.2, 0.25) is 0 Å². The first kappa shape index (κ1) is 22.2. The van der Waals surface area contributed by atoms with Crippen molar-refractivity contribution in [3.63, 3.8) is 0 Å². The first-order chi connectivity index (χ1) is 16.0. The molecule has 0 unspecified atom stereocenters. The van der Waals surface area contributed by atoms with Crippen LogP contribution >= 0.6 is 0 Å². The molecule has 0 atom stereocenters. The summed E-state index contributed by atoms with van der Waals surface area (Å²) in [6.07, 6.45) is 1.71. The summed E-state index contributed by atoms with van der Waals surface area (Å²) in [6.45, 7) is 4.27. The molecule has 0 saturated carbocycles. The molecule has 2 heterocycles. The van der Waals surface area contributed by atoms with Crippen LogP contribution < -0.4 is 16.0 Å². The van der Waals surface area contributed by atoms with E-state index in [4.69, 9.17) is 15.5 Å². The Kier molecular flexibility index (Phi) is 6.78. The molecule has 33 heavy (non-hydrogen) atoms. The smallest absolute Gasteiger partial charge is 0.267 e. The summed E-state index contributed by atoms with van der Waals surface area (Å²) in [5.74, 6) is 0.483. The number of anilines is 1. The van der Waals surface area contributed by atoms with E-state index in [0.717, 1.165) is 18.4 Å². The van der Waals surface area contributed by atoms with E-state index in [1.807, 2.05) is 62.4 Å². The van der Waals surface area contributed by atoms with E-state index >= 15 is 0 Å². The van der Waals surface area contributed by atoms with Crippen molar-refractivity contribution in [2.24, 2.45) is 0 Å². The maximum absolute atomic E-state index is 12.2. The van der Waals surface area contributed by atoms with Crippen molar-refractivity contribution < 1.29 is 4.74 Å². The minimum absolute atomic E-state index is 0.0897. The quantitative estimate of drug-likeness (QED) is 0.403. The number of nitrogens with zero attached hydrogens (tertiary/aromatic N) is 4. The number of benzene rings is 2. The predicted octanol–water partition coefficient (Wildman–Crippen LogP) is 4.54. The monoisotopic (exact) mass is 441 g/mol. The lowest BCUT2D eigenvalue weighted by molar-refractivity contribution is 0.300. The molecule has 0 saturated heterocycles. The van der Waals surface area contributed by atoms with E-state index in [-0.39, 0.29) is 23.3 Å². The third-order valence-corrected chi connectivity index (χ3v) is 5.18. The van der Waals surface area contributed by atoms with Gasteiger partial charge in [0, 0.05) is 11.6 Å². The summed E-state index contributed by atoms with van der Waals surface area (Å²) >= 11 is 0. The summed E-state index contributed by atoms with van der Waals surface area (Å²) in [5.41, 5.74) is 9.80. The second kappa shape index (κ2) is 10.1. The van der Waals surface area contributed by atoms with Crippen molar-refractivity contribution in [2.75, 3.05) is 12.3 Å². The summed E-state index contributed by atoms with van der Waals surface area (Å²) in [7, 11) is 0. The highest BCUT2D eigenvalue weighted by Gasteiger charge is 2.18. The van der Waals surface area contributed by atoms with Crippen LogP contribution in [0, 0.1) is 0 Å². The number of aryl methyl sites for hydroxylation is 1. The standard InChI is InChI=1S/C26H27N5O2/c1-18(2)31-22(32)16-15-21(30-31)24-23(20-13-7-4-8-14-20)28-25(27)26(29-24)33-17-9-12-19-10-5-3-6-11-19/h3-8,10-11,13-16,18H,9,12,17H2,1-2H3,(H2,27,28). The molecule has 0 aliphatic rings. The van der Waals surface area contributed by atoms with Crippen molar-refractivity contribution in [3.8, 4) is 28.5 Å². The van der Waals surface area contributed by atoms with Gasteiger partial charge in [-0.25, -0.2) is 14.6 Å². The van der Waals surface area contributed by atoms with Crippen LogP contribution in [0.15, 0.2) is 77.6 Å². The zero-order valence-corrected chi connectivity index (χ0v) is 18.8. The molecule has 4 aromatic rings. The van der Waals surface area contributed by atoms with Gasteiger partial charge in [0.1, 0.15) is 17.1 Å². The summed E-state index contributed by atoms with van der Waals surface area (Å²) in [6, 6.07) is 23.0. The molecule has 168 valence electrons. The Labute approximate surface area is 192 Å². The van der Waals surface area contributed by atoms with Crippen LogP contribution in [-0.4, -0.2) is 26.4 Å². The fraction of sp³-hybridized carbons (Fsp3) is 0.231. The summed E-state index contributed by atoms with van der Waals surface area (Å²) in [4.78, 5) is 21.6. The van der Waals surface area contributed by atoms with Crippen LogP contribution in [0.1, 0.15) is 31.9 Å². The molecule has 4 rings (SSSR count). The molecule has 0 spiro atoms. The SMILES string of the molecule is CC(C)n1nc(-c2nc(OCCCc3ccccc3)c(N)nc2-c2ccccc2)ccc1=O. The lowest BCUT2D eigenvalue weighted by atomic mass is 10.1. The fourth-order valence-electron chi connectivity index (χ4n) is 3.53. The van der Waals surface area contributed by atoms with Crippen molar-refractivity contribution in [1.82, 2.24) is 19.7 Å². The second-order valence-electron chi connectivity index (χ2n) is 8.01. The third-order valence-electron chi connectivity index (χ3n) is 5.18. The zero-order valence-electron chi connectivity index (χ0n) is 18.8. The van der Waals surface area contributed by atoms with Crippen LogP contribution in [-0.2, 0) is 6.42 Å². The predicted molar refractivity (Wildman–Crippen MR) is 130 cm³/mol. The maximum Gasteiger partial charge on any atom is 0.267 e. The molecule has 0 radical (unpaired) electrons. The Hall–Kier alpha value is -4.00. The number of hydrogen-bond donors (Lipinski definition) is 1. The van der Waals surface area contributed by atoms with Gasteiger partial charge in [0.15, 0.2) is 5.82 Å². The number of rotatable bonds is 8. The van der Waals surface area contributed by atoms with Crippen molar-refractivity contribution in [1.29, 1.82) is 0 Å². The van der Waals surface area contributed by atoms with Crippen molar-refractivity contribution in [2.45, 2.75) is 32.7 Å². The molecular weight excluding hydrogens is 414 g/mol. The van der Waals surface area contributed by atoms with Crippen LogP contribution in [0.5, 0.6) is 5.88 Å². The zero-order chi connectivity index (χ0) is 23.2. The van der Waals surface area contributed by atoms with Crippen LogP contribution in [0.2, 0.25) is 0 Å². The van der Waals surface area contributed by atoms with Gasteiger partial charge in [0.25, 0.3) is 11.4 Å². The highest BCUT2D eigenvalue weighted by atomic mass is 16.5. The average molecular weight is 442 g/mol. The lowest BCUT2D eigenvalue weighted by Crippen LogP contribution is -2.24. The Morgan fingerprint density at radius 2 is 1.61 bits per heavy atom. The van der Waals surface area contributed by atoms with E-state index in [1.165, 1.54) is 16.3 Å². The molecular formula is C26H27N5O2. The number of nitrogens with two attached hydrogens (primary N) is 1. The summed E-state index contributed by atoms with van der Waals surface area (Å²) < 4.78 is 7.35. The van der Waals surface area contributed by atoms with Gasteiger partial charge in [0.05, 0.1) is 12.6 Å². The molecule has 0 aliphatic carbocycles. The van der Waals surface area contributed by atoms with E-state index in [0.29, 0.717) is 23.7 Å². The van der Waals surface area contributed by atoms with Gasteiger partial charge in [-0.05, 0) is 38.3 Å². The lowest BCUT2D eigenvalue weighted by Gasteiger charge is -2.15. The normalized spacial score (nSPS) is 11.0. The van der Waals surface area contributed by atoms with Crippen LogP contribution in [0.4, 0.5) is 5.82 Å². The van der Waals surface area contributed by atoms with E-state index in [1.54, 1.807) is 6.07 Å². The molecule has 2 aromatic heterocycles. The minimum Gasteiger partial charge on any atom is -0.475 e. The van der Waals surface area contributed by atoms with Crippen molar-refractivity contribution in [3.05, 3.63) is 88.7 Å². The van der Waals surface area contributed by atoms with Gasteiger partial charge < -0.3 is 10.5 Å². The Morgan fingerprint density at radius 3 is 2.30 bits per heavy atom.